The van der Waals surface area contributed by atoms with Crippen LogP contribution >= 0.6 is 0 Å². The molecule has 5 nitrogen and oxygen atoms in total. The van der Waals surface area contributed by atoms with Crippen LogP contribution in [0, 0.1) is 6.92 Å². The molecule has 1 saturated carbocycles. The molecule has 0 aromatic heterocycles. The predicted molar refractivity (Wildman–Crippen MR) is 154 cm³/mol. The van der Waals surface area contributed by atoms with Gasteiger partial charge in [-0.1, -0.05) is 61.2 Å². The third kappa shape index (κ3) is 6.45. The first-order valence-electron chi connectivity index (χ1n) is 13.1. The Morgan fingerprint density at radius 1 is 0.919 bits per heavy atom. The fourth-order valence-electron chi connectivity index (χ4n) is 5.22. The molecule has 198 valence electrons. The maximum Gasteiger partial charge on any atom is 0.264 e. The van der Waals surface area contributed by atoms with Gasteiger partial charge in [-0.3, -0.25) is 4.31 Å². The number of anilines is 1. The van der Waals surface area contributed by atoms with E-state index in [9.17, 15) is 8.42 Å². The normalized spacial score (nSPS) is 14.9. The van der Waals surface area contributed by atoms with Crippen LogP contribution in [0.25, 0.3) is 11.1 Å². The van der Waals surface area contributed by atoms with Crippen molar-refractivity contribution < 1.29 is 17.6 Å². The second kappa shape index (κ2) is 11.4. The van der Waals surface area contributed by atoms with E-state index in [-0.39, 0.29) is 4.90 Å². The molecule has 0 unspecified atom stereocenters. The molecule has 0 saturated heterocycles. The van der Waals surface area contributed by atoms with E-state index in [0.717, 1.165) is 46.9 Å². The van der Waals surface area contributed by atoms with Gasteiger partial charge in [0.1, 0.15) is 5.75 Å². The SMILES string of the molecule is COc1ccc(-c2c(C[Si](C)(C)OC3CCCCC3)cccc2N(C)S(=O)(=O)c2ccc(C)cc2)cc1. The van der Waals surface area contributed by atoms with Gasteiger partial charge in [-0.2, -0.15) is 0 Å². The van der Waals surface area contributed by atoms with E-state index < -0.39 is 18.3 Å². The van der Waals surface area contributed by atoms with Crippen LogP contribution < -0.4 is 9.04 Å². The van der Waals surface area contributed by atoms with Gasteiger partial charge in [0, 0.05) is 18.7 Å². The highest BCUT2D eigenvalue weighted by atomic mass is 32.2. The first kappa shape index (κ1) is 27.4. The lowest BCUT2D eigenvalue weighted by molar-refractivity contribution is 0.145. The number of nitrogens with zero attached hydrogens (tertiary/aromatic N) is 1. The third-order valence-electron chi connectivity index (χ3n) is 7.18. The van der Waals surface area contributed by atoms with Crippen molar-refractivity contribution in [3.8, 4) is 16.9 Å². The number of rotatable bonds is 9. The summed E-state index contributed by atoms with van der Waals surface area (Å²) in [6, 6.07) is 21.6. The van der Waals surface area contributed by atoms with Crippen LogP contribution in [0.15, 0.2) is 71.6 Å². The Kier molecular flexibility index (Phi) is 8.46. The van der Waals surface area contributed by atoms with Crippen LogP contribution in [-0.4, -0.2) is 37.0 Å². The monoisotopic (exact) mass is 537 g/mol. The lowest BCUT2D eigenvalue weighted by atomic mass is 9.98. The molecular formula is C30H39NO4SSi. The maximum atomic E-state index is 13.7. The smallest absolute Gasteiger partial charge is 0.264 e. The summed E-state index contributed by atoms with van der Waals surface area (Å²) in [5.74, 6) is 0.763. The second-order valence-electron chi connectivity index (χ2n) is 10.6. The van der Waals surface area contributed by atoms with Crippen molar-refractivity contribution in [2.75, 3.05) is 18.5 Å². The average Bonchev–Trinajstić information content (AvgIpc) is 2.88. The van der Waals surface area contributed by atoms with Gasteiger partial charge in [-0.15, -0.1) is 0 Å². The molecule has 1 fully saturated rings. The van der Waals surface area contributed by atoms with Crippen molar-refractivity contribution in [1.29, 1.82) is 0 Å². The van der Waals surface area contributed by atoms with E-state index in [0.29, 0.717) is 11.8 Å². The molecule has 1 aliphatic carbocycles. The van der Waals surface area contributed by atoms with Gasteiger partial charge in [0.15, 0.2) is 8.32 Å². The molecule has 1 aliphatic rings. The third-order valence-corrected chi connectivity index (χ3v) is 11.2. The zero-order valence-corrected chi connectivity index (χ0v) is 24.5. The lowest BCUT2D eigenvalue weighted by Gasteiger charge is -2.33. The highest BCUT2D eigenvalue weighted by molar-refractivity contribution is 7.92. The summed E-state index contributed by atoms with van der Waals surface area (Å²) in [4.78, 5) is 0.280. The number of methoxy groups -OCH3 is 1. The van der Waals surface area contributed by atoms with Crippen LogP contribution in [0.1, 0.15) is 43.2 Å². The largest absolute Gasteiger partial charge is 0.497 e. The minimum atomic E-state index is -3.75. The van der Waals surface area contributed by atoms with E-state index in [4.69, 9.17) is 9.16 Å². The van der Waals surface area contributed by atoms with E-state index in [2.05, 4.69) is 19.2 Å². The van der Waals surface area contributed by atoms with Crippen LogP contribution in [0.5, 0.6) is 5.75 Å². The lowest BCUT2D eigenvalue weighted by Crippen LogP contribution is -2.39. The van der Waals surface area contributed by atoms with Crippen LogP contribution in [0.3, 0.4) is 0 Å². The van der Waals surface area contributed by atoms with Crippen molar-refractivity contribution in [2.24, 2.45) is 0 Å². The van der Waals surface area contributed by atoms with E-state index in [1.807, 2.05) is 55.5 Å². The van der Waals surface area contributed by atoms with Crippen molar-refractivity contribution >= 4 is 24.0 Å². The fraction of sp³-hybridized carbons (Fsp3) is 0.400. The molecule has 7 heteroatoms. The fourth-order valence-corrected chi connectivity index (χ4v) is 8.86. The zero-order chi connectivity index (χ0) is 26.6. The van der Waals surface area contributed by atoms with Crippen LogP contribution in [0.2, 0.25) is 13.1 Å². The van der Waals surface area contributed by atoms with Crippen LogP contribution in [0.4, 0.5) is 5.69 Å². The number of hydrogen-bond acceptors (Lipinski definition) is 4. The summed E-state index contributed by atoms with van der Waals surface area (Å²) in [6.45, 7) is 6.50. The summed E-state index contributed by atoms with van der Waals surface area (Å²) in [5.41, 5.74) is 4.68. The Morgan fingerprint density at radius 2 is 1.57 bits per heavy atom. The first-order valence-corrected chi connectivity index (χ1v) is 17.7. The average molecular weight is 538 g/mol. The molecule has 3 aromatic carbocycles. The number of aryl methyl sites for hydroxylation is 1. The summed E-state index contributed by atoms with van der Waals surface area (Å²) in [6.07, 6.45) is 6.39. The van der Waals surface area contributed by atoms with Gasteiger partial charge in [0.25, 0.3) is 10.0 Å². The van der Waals surface area contributed by atoms with Crippen molar-refractivity contribution in [3.63, 3.8) is 0 Å². The van der Waals surface area contributed by atoms with Gasteiger partial charge in [-0.25, -0.2) is 8.42 Å². The predicted octanol–water partition coefficient (Wildman–Crippen LogP) is 7.13. The van der Waals surface area contributed by atoms with Gasteiger partial charge >= 0.3 is 0 Å². The van der Waals surface area contributed by atoms with Crippen molar-refractivity contribution in [3.05, 3.63) is 77.9 Å². The van der Waals surface area contributed by atoms with Crippen LogP contribution in [-0.2, 0) is 20.5 Å². The highest BCUT2D eigenvalue weighted by Gasteiger charge is 2.31. The summed E-state index contributed by atoms with van der Waals surface area (Å²) in [7, 11) is -2.54. The summed E-state index contributed by atoms with van der Waals surface area (Å²) < 4.78 is 40.9. The maximum absolute atomic E-state index is 13.7. The standard InChI is InChI=1S/C30H39NO4SSi/c1-23-14-20-28(21-15-23)36(32,33)31(2)29-13-9-10-25(30(29)24-16-18-26(34-3)19-17-24)22-37(4,5)35-27-11-7-6-8-12-27/h9-10,13-21,27H,6-8,11-12,22H2,1-5H3. The van der Waals surface area contributed by atoms with E-state index in [1.165, 1.54) is 23.6 Å². The second-order valence-corrected chi connectivity index (χ2v) is 16.7. The Hall–Kier alpha value is -2.61. The van der Waals surface area contributed by atoms with E-state index in [1.54, 1.807) is 26.3 Å². The van der Waals surface area contributed by atoms with E-state index >= 15 is 0 Å². The Balaban J connectivity index is 1.76. The number of ether oxygens (including phenoxy) is 1. The van der Waals surface area contributed by atoms with Gasteiger partial charge in [0.2, 0.25) is 0 Å². The molecule has 0 spiro atoms. The van der Waals surface area contributed by atoms with Crippen molar-refractivity contribution in [1.82, 2.24) is 0 Å². The van der Waals surface area contributed by atoms with Crippen molar-refractivity contribution in [2.45, 2.75) is 69.2 Å². The van der Waals surface area contributed by atoms with Gasteiger partial charge in [-0.05, 0) is 80.4 Å². The molecule has 0 aliphatic heterocycles. The Morgan fingerprint density at radius 3 is 2.19 bits per heavy atom. The minimum Gasteiger partial charge on any atom is -0.497 e. The molecule has 0 amide bonds. The minimum absolute atomic E-state index is 0.280. The molecule has 0 radical (unpaired) electrons. The first-order chi connectivity index (χ1) is 17.6. The molecular weight excluding hydrogens is 498 g/mol. The molecule has 0 bridgehead atoms. The molecule has 0 heterocycles. The Bertz CT molecular complexity index is 1300. The Labute approximate surface area is 223 Å². The summed E-state index contributed by atoms with van der Waals surface area (Å²) in [5, 5.41) is 0. The number of benzene rings is 3. The number of hydrogen-bond donors (Lipinski definition) is 0. The van der Waals surface area contributed by atoms with Gasteiger partial charge in [0.05, 0.1) is 17.7 Å². The molecule has 37 heavy (non-hydrogen) atoms. The zero-order valence-electron chi connectivity index (χ0n) is 22.7. The quantitative estimate of drug-likeness (QED) is 0.272. The molecule has 4 rings (SSSR count). The number of sulfonamides is 1. The highest BCUT2D eigenvalue weighted by Crippen LogP contribution is 2.38. The summed E-state index contributed by atoms with van der Waals surface area (Å²) >= 11 is 0. The molecule has 3 aromatic rings. The topological polar surface area (TPSA) is 55.8 Å². The van der Waals surface area contributed by atoms with Gasteiger partial charge < -0.3 is 9.16 Å². The molecule has 0 N–H and O–H groups in total. The molecule has 0 atom stereocenters.